The van der Waals surface area contributed by atoms with E-state index in [0.717, 1.165) is 11.3 Å². The smallest absolute Gasteiger partial charge is 0.337 e. The van der Waals surface area contributed by atoms with E-state index in [1.54, 1.807) is 24.3 Å². The van der Waals surface area contributed by atoms with Crippen molar-refractivity contribution in [3.05, 3.63) is 65.2 Å². The van der Waals surface area contributed by atoms with E-state index in [1.807, 2.05) is 31.2 Å². The van der Waals surface area contributed by atoms with Crippen molar-refractivity contribution < 1.29 is 19.4 Å². The summed E-state index contributed by atoms with van der Waals surface area (Å²) in [7, 11) is 1.34. The maximum atomic E-state index is 11.4. The number of ether oxygens (including phenoxy) is 2. The van der Waals surface area contributed by atoms with Crippen molar-refractivity contribution in [1.82, 2.24) is 0 Å². The van der Waals surface area contributed by atoms with E-state index >= 15 is 0 Å². The zero-order valence-electron chi connectivity index (χ0n) is 12.1. The van der Waals surface area contributed by atoms with Gasteiger partial charge in [-0.05, 0) is 42.3 Å². The lowest BCUT2D eigenvalue weighted by molar-refractivity contribution is 0.0600. The lowest BCUT2D eigenvalue weighted by atomic mass is 10.0. The first-order chi connectivity index (χ1) is 10.2. The van der Waals surface area contributed by atoms with Crippen LogP contribution in [0.1, 0.15) is 34.5 Å². The third-order valence-corrected chi connectivity index (χ3v) is 3.15. The molecule has 2 aromatic rings. The van der Waals surface area contributed by atoms with Crippen LogP contribution in [-0.2, 0) is 4.74 Å². The molecule has 0 aromatic heterocycles. The van der Waals surface area contributed by atoms with Crippen LogP contribution in [0.25, 0.3) is 0 Å². The first-order valence-electron chi connectivity index (χ1n) is 6.74. The van der Waals surface area contributed by atoms with Crippen molar-refractivity contribution >= 4 is 5.97 Å². The van der Waals surface area contributed by atoms with Crippen molar-refractivity contribution in [2.75, 3.05) is 13.7 Å². The summed E-state index contributed by atoms with van der Waals surface area (Å²) in [5.41, 5.74) is 1.94. The molecule has 0 amide bonds. The van der Waals surface area contributed by atoms with Gasteiger partial charge in [0.15, 0.2) is 0 Å². The van der Waals surface area contributed by atoms with Gasteiger partial charge in [0.25, 0.3) is 0 Å². The fourth-order valence-corrected chi connectivity index (χ4v) is 2.02. The average molecular weight is 286 g/mol. The third kappa shape index (κ3) is 3.61. The van der Waals surface area contributed by atoms with Gasteiger partial charge in [0, 0.05) is 0 Å². The Morgan fingerprint density at radius 1 is 1.05 bits per heavy atom. The van der Waals surface area contributed by atoms with Crippen molar-refractivity contribution in [2.45, 2.75) is 13.0 Å². The highest BCUT2D eigenvalue weighted by molar-refractivity contribution is 5.89. The maximum absolute atomic E-state index is 11.4. The summed E-state index contributed by atoms with van der Waals surface area (Å²) in [4.78, 5) is 11.4. The van der Waals surface area contributed by atoms with Crippen LogP contribution in [0.5, 0.6) is 5.75 Å². The molecule has 0 heterocycles. The fraction of sp³-hybridized carbons (Fsp3) is 0.235. The van der Waals surface area contributed by atoms with Crippen LogP contribution in [0.3, 0.4) is 0 Å². The second-order valence-electron chi connectivity index (χ2n) is 4.52. The molecule has 0 aliphatic heterocycles. The van der Waals surface area contributed by atoms with Crippen LogP contribution >= 0.6 is 0 Å². The zero-order valence-corrected chi connectivity index (χ0v) is 12.1. The van der Waals surface area contributed by atoms with Crippen LogP contribution in [0.4, 0.5) is 0 Å². The second kappa shape index (κ2) is 6.90. The standard InChI is InChI=1S/C17H18O4/c1-3-21-15-10-8-13(9-11-15)16(18)12-4-6-14(7-5-12)17(19)20-2/h4-11,16,18H,3H2,1-2H3. The maximum Gasteiger partial charge on any atom is 0.337 e. The van der Waals surface area contributed by atoms with Crippen LogP contribution in [-0.4, -0.2) is 24.8 Å². The van der Waals surface area contributed by atoms with Gasteiger partial charge in [-0.15, -0.1) is 0 Å². The molecule has 0 aliphatic carbocycles. The molecule has 4 heteroatoms. The third-order valence-electron chi connectivity index (χ3n) is 3.15. The van der Waals surface area contributed by atoms with Crippen molar-refractivity contribution in [3.63, 3.8) is 0 Å². The van der Waals surface area contributed by atoms with Gasteiger partial charge in [0.05, 0.1) is 19.3 Å². The number of aliphatic hydroxyl groups excluding tert-OH is 1. The van der Waals surface area contributed by atoms with E-state index in [2.05, 4.69) is 4.74 Å². The second-order valence-corrected chi connectivity index (χ2v) is 4.52. The summed E-state index contributed by atoms with van der Waals surface area (Å²) in [6.45, 7) is 2.53. The fourth-order valence-electron chi connectivity index (χ4n) is 2.02. The highest BCUT2D eigenvalue weighted by Crippen LogP contribution is 2.24. The van der Waals surface area contributed by atoms with Gasteiger partial charge in [0.2, 0.25) is 0 Å². The predicted molar refractivity (Wildman–Crippen MR) is 79.5 cm³/mol. The minimum absolute atomic E-state index is 0.392. The van der Waals surface area contributed by atoms with E-state index in [-0.39, 0.29) is 0 Å². The Balaban J connectivity index is 2.15. The monoisotopic (exact) mass is 286 g/mol. The van der Waals surface area contributed by atoms with Gasteiger partial charge in [0.1, 0.15) is 11.9 Å². The predicted octanol–water partition coefficient (Wildman–Crippen LogP) is 2.95. The molecule has 4 nitrogen and oxygen atoms in total. The van der Waals surface area contributed by atoms with Crippen LogP contribution in [0, 0.1) is 0 Å². The van der Waals surface area contributed by atoms with Crippen LogP contribution in [0.2, 0.25) is 0 Å². The zero-order chi connectivity index (χ0) is 15.2. The van der Waals surface area contributed by atoms with Gasteiger partial charge in [-0.1, -0.05) is 24.3 Å². The lowest BCUT2D eigenvalue weighted by Crippen LogP contribution is -2.03. The first-order valence-corrected chi connectivity index (χ1v) is 6.74. The molecule has 1 atom stereocenters. The molecule has 1 N–H and O–H groups in total. The topological polar surface area (TPSA) is 55.8 Å². The highest BCUT2D eigenvalue weighted by atomic mass is 16.5. The average Bonchev–Trinajstić information content (AvgIpc) is 2.54. The molecule has 0 spiro atoms. The summed E-state index contributed by atoms with van der Waals surface area (Å²) in [5.74, 6) is 0.381. The Kier molecular flexibility index (Phi) is 4.95. The molecule has 0 radical (unpaired) electrons. The van der Waals surface area contributed by atoms with Gasteiger partial charge in [-0.2, -0.15) is 0 Å². The number of carbonyl (C=O) groups excluding carboxylic acids is 1. The molecule has 0 bridgehead atoms. The molecule has 0 aliphatic rings. The summed E-state index contributed by atoms with van der Waals surface area (Å²) in [6, 6.07) is 14.0. The quantitative estimate of drug-likeness (QED) is 0.859. The number of benzene rings is 2. The summed E-state index contributed by atoms with van der Waals surface area (Å²) in [5, 5.41) is 10.3. The molecule has 110 valence electrons. The Bertz CT molecular complexity index is 587. The molecular weight excluding hydrogens is 268 g/mol. The van der Waals surface area contributed by atoms with E-state index in [4.69, 9.17) is 4.74 Å². The Morgan fingerprint density at radius 2 is 1.57 bits per heavy atom. The SMILES string of the molecule is CCOc1ccc(C(O)c2ccc(C(=O)OC)cc2)cc1. The van der Waals surface area contributed by atoms with E-state index < -0.39 is 12.1 Å². The summed E-state index contributed by atoms with van der Waals surface area (Å²) in [6.07, 6.45) is -0.743. The molecule has 1 unspecified atom stereocenters. The molecule has 2 rings (SSSR count). The van der Waals surface area contributed by atoms with E-state index in [0.29, 0.717) is 17.7 Å². The van der Waals surface area contributed by atoms with Crippen molar-refractivity contribution in [3.8, 4) is 5.75 Å². The first kappa shape index (κ1) is 15.1. The Labute approximate surface area is 123 Å². The normalized spacial score (nSPS) is 11.8. The van der Waals surface area contributed by atoms with Gasteiger partial charge >= 0.3 is 5.97 Å². The number of carbonyl (C=O) groups is 1. The van der Waals surface area contributed by atoms with E-state index in [9.17, 15) is 9.90 Å². The van der Waals surface area contributed by atoms with E-state index in [1.165, 1.54) is 7.11 Å². The molecule has 0 saturated carbocycles. The molecule has 0 fully saturated rings. The lowest BCUT2D eigenvalue weighted by Gasteiger charge is -2.12. The number of hydrogen-bond acceptors (Lipinski definition) is 4. The summed E-state index contributed by atoms with van der Waals surface area (Å²) >= 11 is 0. The summed E-state index contributed by atoms with van der Waals surface area (Å²) < 4.78 is 10.0. The number of methoxy groups -OCH3 is 1. The minimum atomic E-state index is -0.743. The largest absolute Gasteiger partial charge is 0.494 e. The number of aliphatic hydroxyl groups is 1. The molecular formula is C17H18O4. The van der Waals surface area contributed by atoms with Crippen LogP contribution < -0.4 is 4.74 Å². The molecule has 2 aromatic carbocycles. The Hall–Kier alpha value is -2.33. The number of esters is 1. The van der Waals surface area contributed by atoms with Crippen molar-refractivity contribution in [2.24, 2.45) is 0 Å². The highest BCUT2D eigenvalue weighted by Gasteiger charge is 2.12. The molecule has 21 heavy (non-hydrogen) atoms. The number of hydrogen-bond donors (Lipinski definition) is 1. The molecule has 0 saturated heterocycles. The Morgan fingerprint density at radius 3 is 2.05 bits per heavy atom. The van der Waals surface area contributed by atoms with Gasteiger partial charge in [-0.3, -0.25) is 0 Å². The van der Waals surface area contributed by atoms with Gasteiger partial charge in [-0.25, -0.2) is 4.79 Å². The number of rotatable bonds is 5. The van der Waals surface area contributed by atoms with Gasteiger partial charge < -0.3 is 14.6 Å². The van der Waals surface area contributed by atoms with Crippen LogP contribution in [0.15, 0.2) is 48.5 Å². The van der Waals surface area contributed by atoms with Crippen molar-refractivity contribution in [1.29, 1.82) is 0 Å². The minimum Gasteiger partial charge on any atom is -0.494 e.